The lowest BCUT2D eigenvalue weighted by atomic mass is 10.0. The molecule has 4 nitrogen and oxygen atoms in total. The number of hydrogen-bond acceptors (Lipinski definition) is 4. The van der Waals surface area contributed by atoms with Crippen LogP contribution in [0.15, 0.2) is 154 Å². The maximum atomic E-state index is 6.41. The highest BCUT2D eigenvalue weighted by molar-refractivity contribution is 6.15. The number of hydrogen-bond donors (Lipinski definition) is 0. The second kappa shape index (κ2) is 9.54. The summed E-state index contributed by atoms with van der Waals surface area (Å²) in [6, 6.07) is 49.8. The van der Waals surface area contributed by atoms with E-state index >= 15 is 0 Å². The molecule has 0 radical (unpaired) electrons. The zero-order valence-electron chi connectivity index (χ0n) is 22.1. The number of furan rings is 1. The molecule has 0 aliphatic rings. The minimum absolute atomic E-state index is 0.599. The lowest BCUT2D eigenvalue weighted by molar-refractivity contribution is 0.620. The highest BCUT2D eigenvalue weighted by Gasteiger charge is 2.21. The van der Waals surface area contributed by atoms with E-state index in [9.17, 15) is 0 Å². The third-order valence-corrected chi connectivity index (χ3v) is 7.49. The van der Waals surface area contributed by atoms with Gasteiger partial charge in [0.05, 0.1) is 11.1 Å². The van der Waals surface area contributed by atoms with Crippen molar-refractivity contribution in [3.63, 3.8) is 0 Å². The molecule has 0 aliphatic heterocycles. The normalized spacial score (nSPS) is 11.4. The molecule has 0 aliphatic carbocycles. The Morgan fingerprint density at radius 1 is 0.463 bits per heavy atom. The van der Waals surface area contributed by atoms with Crippen LogP contribution >= 0.6 is 0 Å². The van der Waals surface area contributed by atoms with Gasteiger partial charge in [0.15, 0.2) is 5.58 Å². The Bertz CT molecular complexity index is 2130. The molecule has 0 amide bonds. The fourth-order valence-corrected chi connectivity index (χ4v) is 5.56. The summed E-state index contributed by atoms with van der Waals surface area (Å²) in [7, 11) is 0. The molecular weight excluding hydrogens is 504 g/mol. The summed E-state index contributed by atoms with van der Waals surface area (Å²) in [6.45, 7) is 0. The third-order valence-electron chi connectivity index (χ3n) is 7.49. The van der Waals surface area contributed by atoms with Gasteiger partial charge in [-0.25, -0.2) is 4.98 Å². The molecule has 8 aromatic rings. The van der Waals surface area contributed by atoms with Gasteiger partial charge in [0.1, 0.15) is 16.7 Å². The van der Waals surface area contributed by atoms with Crippen molar-refractivity contribution < 1.29 is 8.83 Å². The molecule has 0 saturated heterocycles. The Morgan fingerprint density at radius 3 is 1.83 bits per heavy atom. The van der Waals surface area contributed by atoms with Gasteiger partial charge in [0.2, 0.25) is 5.89 Å². The molecule has 8 rings (SSSR count). The minimum atomic E-state index is 0.599. The SMILES string of the molecule is c1ccc(-c2ccc(N(c3ccccc3)c3cccc4oc5cc6nc(-c7ccccc7)oc6cc5c34)cc2)cc1. The van der Waals surface area contributed by atoms with Gasteiger partial charge in [-0.15, -0.1) is 0 Å². The van der Waals surface area contributed by atoms with Crippen molar-refractivity contribution >= 4 is 50.1 Å². The first-order valence-corrected chi connectivity index (χ1v) is 13.6. The number of rotatable bonds is 5. The lowest BCUT2D eigenvalue weighted by Gasteiger charge is -2.26. The Labute approximate surface area is 236 Å². The molecule has 2 aromatic heterocycles. The summed E-state index contributed by atoms with van der Waals surface area (Å²) in [5.41, 5.74) is 9.56. The maximum absolute atomic E-state index is 6.41. The van der Waals surface area contributed by atoms with Crippen molar-refractivity contribution in [1.29, 1.82) is 0 Å². The van der Waals surface area contributed by atoms with Crippen LogP contribution in [-0.4, -0.2) is 4.98 Å². The van der Waals surface area contributed by atoms with Crippen LogP contribution in [0.3, 0.4) is 0 Å². The number of anilines is 3. The van der Waals surface area contributed by atoms with E-state index in [1.54, 1.807) is 0 Å². The van der Waals surface area contributed by atoms with Gasteiger partial charge in [0.25, 0.3) is 0 Å². The second-order valence-electron chi connectivity index (χ2n) is 10.0. The molecule has 0 fully saturated rings. The van der Waals surface area contributed by atoms with E-state index in [1.165, 1.54) is 11.1 Å². The number of benzene rings is 6. The number of oxazole rings is 1. The molecule has 2 heterocycles. The zero-order chi connectivity index (χ0) is 27.2. The van der Waals surface area contributed by atoms with Gasteiger partial charge in [-0.1, -0.05) is 84.9 Å². The fourth-order valence-electron chi connectivity index (χ4n) is 5.56. The Morgan fingerprint density at radius 2 is 1.10 bits per heavy atom. The van der Waals surface area contributed by atoms with E-state index in [-0.39, 0.29) is 0 Å². The molecule has 0 N–H and O–H groups in total. The van der Waals surface area contributed by atoms with Gasteiger partial charge < -0.3 is 13.7 Å². The average Bonchev–Trinajstić information content (AvgIpc) is 3.63. The Hall–Kier alpha value is -5.61. The van der Waals surface area contributed by atoms with Crippen LogP contribution in [0.1, 0.15) is 0 Å². The van der Waals surface area contributed by atoms with Crippen LogP contribution in [-0.2, 0) is 0 Å². The molecule has 6 aromatic carbocycles. The number of para-hydroxylation sites is 1. The third kappa shape index (κ3) is 4.05. The fraction of sp³-hybridized carbons (Fsp3) is 0. The van der Waals surface area contributed by atoms with Crippen molar-refractivity contribution in [3.8, 4) is 22.6 Å². The summed E-state index contributed by atoms with van der Waals surface area (Å²) in [5.74, 6) is 0.599. The van der Waals surface area contributed by atoms with Crippen LogP contribution in [0.5, 0.6) is 0 Å². The van der Waals surface area contributed by atoms with Gasteiger partial charge in [0, 0.05) is 28.4 Å². The summed E-state index contributed by atoms with van der Waals surface area (Å²) in [4.78, 5) is 7.04. The molecule has 41 heavy (non-hydrogen) atoms. The first-order chi connectivity index (χ1) is 20.3. The largest absolute Gasteiger partial charge is 0.456 e. The average molecular weight is 529 g/mol. The quantitative estimate of drug-likeness (QED) is 0.223. The predicted molar refractivity (Wildman–Crippen MR) is 167 cm³/mol. The van der Waals surface area contributed by atoms with E-state index in [1.807, 2.05) is 60.7 Å². The van der Waals surface area contributed by atoms with E-state index in [4.69, 9.17) is 13.8 Å². The van der Waals surface area contributed by atoms with Crippen molar-refractivity contribution in [2.45, 2.75) is 0 Å². The molecular formula is C37H24N2O2. The minimum Gasteiger partial charge on any atom is -0.456 e. The highest BCUT2D eigenvalue weighted by Crippen LogP contribution is 2.44. The van der Waals surface area contributed by atoms with E-state index in [0.29, 0.717) is 5.89 Å². The zero-order valence-corrected chi connectivity index (χ0v) is 22.1. The van der Waals surface area contributed by atoms with Crippen molar-refractivity contribution in [3.05, 3.63) is 146 Å². The van der Waals surface area contributed by atoms with Crippen LogP contribution in [0.25, 0.3) is 55.6 Å². The van der Waals surface area contributed by atoms with Crippen LogP contribution in [0.4, 0.5) is 17.1 Å². The van der Waals surface area contributed by atoms with E-state index in [0.717, 1.165) is 55.7 Å². The van der Waals surface area contributed by atoms with Crippen LogP contribution in [0.2, 0.25) is 0 Å². The van der Waals surface area contributed by atoms with Crippen LogP contribution in [0, 0.1) is 0 Å². The highest BCUT2D eigenvalue weighted by atomic mass is 16.4. The van der Waals surface area contributed by atoms with Gasteiger partial charge >= 0.3 is 0 Å². The topological polar surface area (TPSA) is 42.4 Å². The first-order valence-electron chi connectivity index (χ1n) is 13.6. The molecule has 4 heteroatoms. The molecule has 0 saturated carbocycles. The summed E-state index contributed by atoms with van der Waals surface area (Å²) >= 11 is 0. The number of aromatic nitrogens is 1. The smallest absolute Gasteiger partial charge is 0.227 e. The molecule has 0 atom stereocenters. The van der Waals surface area contributed by atoms with E-state index < -0.39 is 0 Å². The van der Waals surface area contributed by atoms with Crippen LogP contribution < -0.4 is 4.90 Å². The van der Waals surface area contributed by atoms with Gasteiger partial charge in [-0.3, -0.25) is 0 Å². The van der Waals surface area contributed by atoms with Crippen molar-refractivity contribution in [2.24, 2.45) is 0 Å². The van der Waals surface area contributed by atoms with E-state index in [2.05, 4.69) is 89.8 Å². The maximum Gasteiger partial charge on any atom is 0.227 e. The lowest BCUT2D eigenvalue weighted by Crippen LogP contribution is -2.10. The second-order valence-corrected chi connectivity index (χ2v) is 10.0. The Balaban J connectivity index is 1.32. The Kier molecular flexibility index (Phi) is 5.42. The summed E-state index contributed by atoms with van der Waals surface area (Å²) in [6.07, 6.45) is 0. The molecule has 194 valence electrons. The van der Waals surface area contributed by atoms with Gasteiger partial charge in [-0.2, -0.15) is 0 Å². The van der Waals surface area contributed by atoms with Gasteiger partial charge in [-0.05, 0) is 65.7 Å². The summed E-state index contributed by atoms with van der Waals surface area (Å²) < 4.78 is 12.6. The number of nitrogens with zero attached hydrogens (tertiary/aromatic N) is 2. The van der Waals surface area contributed by atoms with Crippen molar-refractivity contribution in [1.82, 2.24) is 4.98 Å². The predicted octanol–water partition coefficient (Wildman–Crippen LogP) is 10.5. The molecule has 0 bridgehead atoms. The van der Waals surface area contributed by atoms with Crippen molar-refractivity contribution in [2.75, 3.05) is 4.90 Å². The first kappa shape index (κ1) is 23.3. The molecule has 0 spiro atoms. The number of fused-ring (bicyclic) bond motifs is 4. The molecule has 0 unspecified atom stereocenters. The summed E-state index contributed by atoms with van der Waals surface area (Å²) in [5, 5.41) is 2.01. The monoisotopic (exact) mass is 528 g/mol. The standard InChI is InChI=1S/C37H24N2O2/c1-4-11-25(12-5-1)26-19-21-29(22-20-26)39(28-15-8-3-9-16-28)32-17-10-18-33-36(32)30-23-35-31(24-34(30)40-33)38-37(41-35)27-13-6-2-7-14-27/h1-24H.